The fourth-order valence-corrected chi connectivity index (χ4v) is 6.12. The smallest absolute Gasteiger partial charge is 0.306 e. The van der Waals surface area contributed by atoms with E-state index in [1.165, 1.54) is 77.0 Å². The van der Waals surface area contributed by atoms with Gasteiger partial charge in [0, 0.05) is 19.3 Å². The Labute approximate surface area is 362 Å². The predicted octanol–water partition coefficient (Wildman–Crippen LogP) is 15.4. The van der Waals surface area contributed by atoms with Crippen LogP contribution in [0.3, 0.4) is 0 Å². The van der Waals surface area contributed by atoms with Crippen LogP contribution >= 0.6 is 0 Å². The summed E-state index contributed by atoms with van der Waals surface area (Å²) in [6, 6.07) is 0. The van der Waals surface area contributed by atoms with Crippen molar-refractivity contribution in [3.8, 4) is 0 Å². The second-order valence-corrected chi connectivity index (χ2v) is 15.3. The zero-order valence-electron chi connectivity index (χ0n) is 38.0. The minimum absolute atomic E-state index is 0.128. The van der Waals surface area contributed by atoms with Crippen LogP contribution in [0.2, 0.25) is 0 Å². The molecule has 0 heterocycles. The largest absolute Gasteiger partial charge is 0.462 e. The van der Waals surface area contributed by atoms with Crippen molar-refractivity contribution in [1.29, 1.82) is 0 Å². The molecule has 6 nitrogen and oxygen atoms in total. The molecule has 334 valence electrons. The highest BCUT2D eigenvalue weighted by Gasteiger charge is 2.19. The van der Waals surface area contributed by atoms with Crippen LogP contribution in [0.4, 0.5) is 0 Å². The van der Waals surface area contributed by atoms with Gasteiger partial charge in [0.1, 0.15) is 13.2 Å². The lowest BCUT2D eigenvalue weighted by atomic mass is 10.0. The SMILES string of the molecule is CC/C=C\C/C=C\C/C=C\C/C=C\CCC(=O)OCC(COC(=O)CCCCCCCCCCCCCCCCC)OC(=O)CC/C=C\C/C=C\C/C=C\C/C=C\CC. The molecule has 0 aliphatic heterocycles. The number of rotatable bonds is 41. The first-order valence-corrected chi connectivity index (χ1v) is 23.7. The Hall–Kier alpha value is -3.67. The maximum Gasteiger partial charge on any atom is 0.306 e. The molecule has 0 aromatic rings. The zero-order chi connectivity index (χ0) is 43.0. The summed E-state index contributed by atoms with van der Waals surface area (Å²) in [5, 5.41) is 0. The molecule has 1 atom stereocenters. The lowest BCUT2D eigenvalue weighted by Gasteiger charge is -2.18. The van der Waals surface area contributed by atoms with Gasteiger partial charge >= 0.3 is 17.9 Å². The molecule has 0 rings (SSSR count). The standard InChI is InChI=1S/C53H86O6/c1-4-7-10-13-16-19-22-25-26-29-31-34-37-40-43-46-52(55)58-49-50(59-53(56)47-44-41-38-35-32-28-24-21-18-15-12-9-6-3)48-57-51(54)45-42-39-36-33-30-27-23-20-17-14-11-8-5-2/h8-9,11-12,17-18,20-21,27-28,30,32,36,38-39,41,50H,4-7,10,13-16,19,22-26,29,31,33-35,37,40,42-49H2,1-3H3/b11-8-,12-9-,20-17-,21-18-,30-27-,32-28-,39-36-,41-38-. The van der Waals surface area contributed by atoms with E-state index in [1.807, 2.05) is 24.3 Å². The summed E-state index contributed by atoms with van der Waals surface area (Å²) in [5.74, 6) is -1.10. The third-order valence-corrected chi connectivity index (χ3v) is 9.61. The van der Waals surface area contributed by atoms with Gasteiger partial charge in [-0.15, -0.1) is 0 Å². The topological polar surface area (TPSA) is 78.9 Å². The highest BCUT2D eigenvalue weighted by molar-refractivity contribution is 5.71. The highest BCUT2D eigenvalue weighted by Crippen LogP contribution is 2.14. The van der Waals surface area contributed by atoms with Gasteiger partial charge in [0.15, 0.2) is 6.10 Å². The van der Waals surface area contributed by atoms with Crippen LogP contribution in [0.25, 0.3) is 0 Å². The highest BCUT2D eigenvalue weighted by atomic mass is 16.6. The van der Waals surface area contributed by atoms with E-state index >= 15 is 0 Å². The van der Waals surface area contributed by atoms with Gasteiger partial charge in [0.05, 0.1) is 0 Å². The van der Waals surface area contributed by atoms with Crippen LogP contribution in [0.5, 0.6) is 0 Å². The summed E-state index contributed by atoms with van der Waals surface area (Å²) in [7, 11) is 0. The molecule has 0 radical (unpaired) electrons. The molecule has 0 spiro atoms. The molecule has 0 amide bonds. The third-order valence-electron chi connectivity index (χ3n) is 9.61. The lowest BCUT2D eigenvalue weighted by molar-refractivity contribution is -0.166. The number of unbranched alkanes of at least 4 members (excludes halogenated alkanes) is 14. The Morgan fingerprint density at radius 3 is 1.03 bits per heavy atom. The van der Waals surface area contributed by atoms with Gasteiger partial charge < -0.3 is 14.2 Å². The predicted molar refractivity (Wildman–Crippen MR) is 251 cm³/mol. The van der Waals surface area contributed by atoms with Crippen LogP contribution < -0.4 is 0 Å². The van der Waals surface area contributed by atoms with Crippen molar-refractivity contribution in [3.05, 3.63) is 97.2 Å². The van der Waals surface area contributed by atoms with Gasteiger partial charge in [-0.25, -0.2) is 0 Å². The molecule has 6 heteroatoms. The van der Waals surface area contributed by atoms with Crippen molar-refractivity contribution in [3.63, 3.8) is 0 Å². The summed E-state index contributed by atoms with van der Waals surface area (Å²) in [5.41, 5.74) is 0. The van der Waals surface area contributed by atoms with E-state index in [9.17, 15) is 14.4 Å². The average molecular weight is 819 g/mol. The van der Waals surface area contributed by atoms with Gasteiger partial charge in [0.25, 0.3) is 0 Å². The van der Waals surface area contributed by atoms with Crippen molar-refractivity contribution in [2.24, 2.45) is 0 Å². The molecule has 0 aliphatic carbocycles. The van der Waals surface area contributed by atoms with E-state index < -0.39 is 12.1 Å². The molecule has 1 unspecified atom stereocenters. The molecule has 0 saturated heterocycles. The molecule has 0 bridgehead atoms. The quantitative estimate of drug-likeness (QED) is 0.0265. The number of esters is 3. The van der Waals surface area contributed by atoms with E-state index in [0.29, 0.717) is 19.3 Å². The van der Waals surface area contributed by atoms with Crippen LogP contribution in [0.1, 0.15) is 201 Å². The van der Waals surface area contributed by atoms with E-state index in [0.717, 1.165) is 70.6 Å². The van der Waals surface area contributed by atoms with Crippen molar-refractivity contribution in [2.45, 2.75) is 207 Å². The minimum Gasteiger partial charge on any atom is -0.462 e. The zero-order valence-corrected chi connectivity index (χ0v) is 38.0. The Morgan fingerprint density at radius 1 is 0.356 bits per heavy atom. The van der Waals surface area contributed by atoms with Crippen LogP contribution in [-0.2, 0) is 28.6 Å². The molecular weight excluding hydrogens is 733 g/mol. The fourth-order valence-electron chi connectivity index (χ4n) is 6.12. The van der Waals surface area contributed by atoms with E-state index in [-0.39, 0.29) is 38.0 Å². The van der Waals surface area contributed by atoms with E-state index in [1.54, 1.807) is 0 Å². The van der Waals surface area contributed by atoms with Crippen molar-refractivity contribution in [2.75, 3.05) is 13.2 Å². The summed E-state index contributed by atoms with van der Waals surface area (Å²) >= 11 is 0. The van der Waals surface area contributed by atoms with E-state index in [2.05, 4.69) is 93.7 Å². The number of allylic oxidation sites excluding steroid dienone is 16. The molecule has 59 heavy (non-hydrogen) atoms. The monoisotopic (exact) mass is 819 g/mol. The van der Waals surface area contributed by atoms with Crippen molar-refractivity contribution >= 4 is 17.9 Å². The average Bonchev–Trinajstić information content (AvgIpc) is 3.23. The second kappa shape index (κ2) is 47.0. The number of ether oxygens (including phenoxy) is 3. The minimum atomic E-state index is -0.841. The first-order valence-electron chi connectivity index (χ1n) is 23.7. The summed E-state index contributed by atoms with van der Waals surface area (Å²) in [6.45, 7) is 6.26. The maximum atomic E-state index is 12.7. The second-order valence-electron chi connectivity index (χ2n) is 15.3. The summed E-state index contributed by atoms with van der Waals surface area (Å²) in [6.07, 6.45) is 61.3. The molecule has 0 N–H and O–H groups in total. The Balaban J connectivity index is 4.55. The number of hydrogen-bond acceptors (Lipinski definition) is 6. The first kappa shape index (κ1) is 55.3. The van der Waals surface area contributed by atoms with Gasteiger partial charge in [-0.2, -0.15) is 0 Å². The third kappa shape index (κ3) is 45.3. The lowest BCUT2D eigenvalue weighted by Crippen LogP contribution is -2.30. The van der Waals surface area contributed by atoms with Gasteiger partial charge in [-0.1, -0.05) is 208 Å². The van der Waals surface area contributed by atoms with Crippen LogP contribution in [-0.4, -0.2) is 37.2 Å². The van der Waals surface area contributed by atoms with Gasteiger partial charge in [0.2, 0.25) is 0 Å². The summed E-state index contributed by atoms with van der Waals surface area (Å²) < 4.78 is 16.6. The molecule has 0 aromatic carbocycles. The van der Waals surface area contributed by atoms with Crippen LogP contribution in [0.15, 0.2) is 97.2 Å². The molecular formula is C53H86O6. The first-order chi connectivity index (χ1) is 29.0. The van der Waals surface area contributed by atoms with E-state index in [4.69, 9.17) is 14.2 Å². The maximum absolute atomic E-state index is 12.7. The number of carbonyl (C=O) groups is 3. The summed E-state index contributed by atoms with van der Waals surface area (Å²) in [4.78, 5) is 37.7. The number of carbonyl (C=O) groups excluding carboxylic acids is 3. The normalized spacial score (nSPS) is 12.9. The van der Waals surface area contributed by atoms with Crippen LogP contribution in [0, 0.1) is 0 Å². The molecule has 0 aromatic heterocycles. The van der Waals surface area contributed by atoms with Gasteiger partial charge in [-0.05, 0) is 70.6 Å². The Morgan fingerprint density at radius 2 is 0.661 bits per heavy atom. The molecule has 0 fully saturated rings. The van der Waals surface area contributed by atoms with Gasteiger partial charge in [-0.3, -0.25) is 14.4 Å². The molecule has 0 aliphatic rings. The Bertz CT molecular complexity index is 1220. The molecule has 0 saturated carbocycles. The van der Waals surface area contributed by atoms with Crippen molar-refractivity contribution < 1.29 is 28.6 Å². The van der Waals surface area contributed by atoms with Crippen molar-refractivity contribution in [1.82, 2.24) is 0 Å². The number of hydrogen-bond donors (Lipinski definition) is 0. The fraction of sp³-hybridized carbons (Fsp3) is 0.642. The Kier molecular flexibility index (Phi) is 44.1.